The molecule has 2 rings (SSSR count). The molecule has 0 aromatic rings. The highest BCUT2D eigenvalue weighted by Gasteiger charge is 2.40. The summed E-state index contributed by atoms with van der Waals surface area (Å²) in [6.45, 7) is 6.26. The molecule has 2 amide bonds. The predicted molar refractivity (Wildman–Crippen MR) is 71.6 cm³/mol. The molecule has 2 saturated heterocycles. The van der Waals surface area contributed by atoms with Gasteiger partial charge in [-0.25, -0.2) is 0 Å². The summed E-state index contributed by atoms with van der Waals surface area (Å²) in [7, 11) is 0. The minimum Gasteiger partial charge on any atom is -0.376 e. The molecule has 2 heterocycles. The third-order valence-electron chi connectivity index (χ3n) is 4.01. The van der Waals surface area contributed by atoms with Crippen molar-refractivity contribution < 1.29 is 14.3 Å². The maximum absolute atomic E-state index is 12.3. The van der Waals surface area contributed by atoms with Crippen LogP contribution in [-0.4, -0.2) is 49.1 Å². The Morgan fingerprint density at radius 2 is 1.95 bits per heavy atom. The minimum absolute atomic E-state index is 0.0603. The van der Waals surface area contributed by atoms with Gasteiger partial charge in [0.1, 0.15) is 5.41 Å². The van der Waals surface area contributed by atoms with Crippen molar-refractivity contribution in [2.45, 2.75) is 45.6 Å². The largest absolute Gasteiger partial charge is 0.376 e. The molecule has 0 aromatic carbocycles. The van der Waals surface area contributed by atoms with E-state index in [0.29, 0.717) is 6.54 Å². The van der Waals surface area contributed by atoms with Gasteiger partial charge in [0, 0.05) is 26.2 Å². The minimum atomic E-state index is -0.983. The molecule has 2 fully saturated rings. The summed E-state index contributed by atoms with van der Waals surface area (Å²) in [6, 6.07) is 0. The van der Waals surface area contributed by atoms with Gasteiger partial charge < -0.3 is 15.0 Å². The van der Waals surface area contributed by atoms with E-state index in [9.17, 15) is 9.59 Å². The van der Waals surface area contributed by atoms with E-state index in [1.165, 1.54) is 0 Å². The van der Waals surface area contributed by atoms with E-state index in [1.54, 1.807) is 18.7 Å². The van der Waals surface area contributed by atoms with Crippen LogP contribution in [0.5, 0.6) is 0 Å². The maximum Gasteiger partial charge on any atom is 0.237 e. The van der Waals surface area contributed by atoms with Crippen LogP contribution >= 0.6 is 0 Å². The molecule has 19 heavy (non-hydrogen) atoms. The van der Waals surface area contributed by atoms with Gasteiger partial charge in [-0.1, -0.05) is 0 Å². The first kappa shape index (κ1) is 14.3. The van der Waals surface area contributed by atoms with Crippen molar-refractivity contribution >= 4 is 11.8 Å². The van der Waals surface area contributed by atoms with Gasteiger partial charge in [0.15, 0.2) is 0 Å². The quantitative estimate of drug-likeness (QED) is 0.772. The zero-order valence-corrected chi connectivity index (χ0v) is 11.9. The number of amides is 2. The van der Waals surface area contributed by atoms with Crippen molar-refractivity contribution in [1.29, 1.82) is 0 Å². The molecule has 2 aliphatic rings. The number of hydrogen-bond donors (Lipinski definition) is 1. The normalized spacial score (nSPS) is 23.7. The average molecular weight is 268 g/mol. The molecule has 0 spiro atoms. The number of nitrogens with zero attached hydrogens (tertiary/aromatic N) is 1. The molecule has 5 nitrogen and oxygen atoms in total. The zero-order chi connectivity index (χ0) is 13.9. The first-order valence-corrected chi connectivity index (χ1v) is 7.21. The van der Waals surface area contributed by atoms with Crippen LogP contribution in [-0.2, 0) is 14.3 Å². The van der Waals surface area contributed by atoms with Crippen molar-refractivity contribution in [2.75, 3.05) is 26.2 Å². The van der Waals surface area contributed by atoms with Crippen LogP contribution in [0.3, 0.4) is 0 Å². The predicted octanol–water partition coefficient (Wildman–Crippen LogP) is 0.930. The lowest BCUT2D eigenvalue weighted by Gasteiger charge is -2.28. The van der Waals surface area contributed by atoms with Gasteiger partial charge in [0.05, 0.1) is 6.10 Å². The number of hydrogen-bond acceptors (Lipinski definition) is 3. The second-order valence-electron chi connectivity index (χ2n) is 5.97. The Morgan fingerprint density at radius 3 is 2.53 bits per heavy atom. The smallest absolute Gasteiger partial charge is 0.237 e. The Bertz CT molecular complexity index is 343. The lowest BCUT2D eigenvalue weighted by atomic mass is 9.90. The van der Waals surface area contributed by atoms with Crippen molar-refractivity contribution in [3.05, 3.63) is 0 Å². The van der Waals surface area contributed by atoms with Gasteiger partial charge in [0.2, 0.25) is 11.8 Å². The molecule has 0 saturated carbocycles. The third kappa shape index (κ3) is 3.26. The van der Waals surface area contributed by atoms with E-state index in [-0.39, 0.29) is 17.9 Å². The summed E-state index contributed by atoms with van der Waals surface area (Å²) in [4.78, 5) is 26.3. The second kappa shape index (κ2) is 5.90. The van der Waals surface area contributed by atoms with Crippen LogP contribution in [0, 0.1) is 5.41 Å². The van der Waals surface area contributed by atoms with Gasteiger partial charge in [0.25, 0.3) is 0 Å². The van der Waals surface area contributed by atoms with E-state index in [1.807, 2.05) is 0 Å². The lowest BCUT2D eigenvalue weighted by Crippen LogP contribution is -2.50. The molecule has 1 atom stereocenters. The van der Waals surface area contributed by atoms with Crippen LogP contribution < -0.4 is 5.32 Å². The fourth-order valence-corrected chi connectivity index (χ4v) is 2.65. The van der Waals surface area contributed by atoms with Crippen LogP contribution in [0.4, 0.5) is 0 Å². The standard InChI is InChI=1S/C14H24N2O3/c1-14(2,13(18)16-7-3-4-8-16)12(17)15-10-11-6-5-9-19-11/h11H,3-10H2,1-2H3,(H,15,17). The molecule has 0 radical (unpaired) electrons. The van der Waals surface area contributed by atoms with Gasteiger partial charge >= 0.3 is 0 Å². The Hall–Kier alpha value is -1.10. The van der Waals surface area contributed by atoms with Gasteiger partial charge in [-0.05, 0) is 39.5 Å². The Morgan fingerprint density at radius 1 is 1.26 bits per heavy atom. The molecule has 5 heteroatoms. The van der Waals surface area contributed by atoms with Crippen LogP contribution in [0.2, 0.25) is 0 Å². The summed E-state index contributed by atoms with van der Waals surface area (Å²) < 4.78 is 5.47. The summed E-state index contributed by atoms with van der Waals surface area (Å²) in [5.41, 5.74) is -0.983. The van der Waals surface area contributed by atoms with Crippen molar-refractivity contribution in [3.63, 3.8) is 0 Å². The molecule has 0 bridgehead atoms. The fraction of sp³-hybridized carbons (Fsp3) is 0.857. The fourth-order valence-electron chi connectivity index (χ4n) is 2.65. The number of carbonyl (C=O) groups is 2. The number of carbonyl (C=O) groups excluding carboxylic acids is 2. The van der Waals surface area contributed by atoms with E-state index < -0.39 is 5.41 Å². The van der Waals surface area contributed by atoms with E-state index in [2.05, 4.69) is 5.32 Å². The Kier molecular flexibility index (Phi) is 4.45. The SMILES string of the molecule is CC(C)(C(=O)NCC1CCCO1)C(=O)N1CCCC1. The van der Waals surface area contributed by atoms with Gasteiger partial charge in [-0.2, -0.15) is 0 Å². The first-order valence-electron chi connectivity index (χ1n) is 7.21. The highest BCUT2D eigenvalue weighted by Crippen LogP contribution is 2.22. The van der Waals surface area contributed by atoms with E-state index >= 15 is 0 Å². The van der Waals surface area contributed by atoms with Crippen molar-refractivity contribution in [1.82, 2.24) is 10.2 Å². The molecule has 0 aliphatic carbocycles. The lowest BCUT2D eigenvalue weighted by molar-refractivity contribution is -0.148. The second-order valence-corrected chi connectivity index (χ2v) is 5.97. The number of rotatable bonds is 4. The molecular weight excluding hydrogens is 244 g/mol. The molecule has 0 aromatic heterocycles. The van der Waals surface area contributed by atoms with Crippen molar-refractivity contribution in [2.24, 2.45) is 5.41 Å². The summed E-state index contributed by atoms with van der Waals surface area (Å²) in [6.07, 6.45) is 4.23. The number of nitrogens with one attached hydrogen (secondary N) is 1. The molecule has 1 N–H and O–H groups in total. The van der Waals surface area contributed by atoms with Gasteiger partial charge in [-0.15, -0.1) is 0 Å². The van der Waals surface area contributed by atoms with Gasteiger partial charge in [-0.3, -0.25) is 9.59 Å². The molecule has 108 valence electrons. The molecule has 2 aliphatic heterocycles. The molecule has 1 unspecified atom stereocenters. The topological polar surface area (TPSA) is 58.6 Å². The van der Waals surface area contributed by atoms with Crippen LogP contribution in [0.1, 0.15) is 39.5 Å². The van der Waals surface area contributed by atoms with E-state index in [0.717, 1.165) is 45.4 Å². The summed E-state index contributed by atoms with van der Waals surface area (Å²) in [5.74, 6) is -0.255. The van der Waals surface area contributed by atoms with Crippen LogP contribution in [0.25, 0.3) is 0 Å². The summed E-state index contributed by atoms with van der Waals surface area (Å²) in [5, 5.41) is 2.86. The highest BCUT2D eigenvalue weighted by molar-refractivity contribution is 6.04. The Labute approximate surface area is 114 Å². The Balaban J connectivity index is 1.86. The maximum atomic E-state index is 12.3. The molecular formula is C14H24N2O3. The van der Waals surface area contributed by atoms with E-state index in [4.69, 9.17) is 4.74 Å². The average Bonchev–Trinajstić information content (AvgIpc) is 3.07. The van der Waals surface area contributed by atoms with Crippen molar-refractivity contribution in [3.8, 4) is 0 Å². The summed E-state index contributed by atoms with van der Waals surface area (Å²) >= 11 is 0. The monoisotopic (exact) mass is 268 g/mol. The number of ether oxygens (including phenoxy) is 1. The number of likely N-dealkylation sites (tertiary alicyclic amines) is 1. The third-order valence-corrected chi connectivity index (χ3v) is 4.01. The van der Waals surface area contributed by atoms with Crippen LogP contribution in [0.15, 0.2) is 0 Å². The first-order chi connectivity index (χ1) is 9.01. The highest BCUT2D eigenvalue weighted by atomic mass is 16.5. The zero-order valence-electron chi connectivity index (χ0n) is 11.9.